The van der Waals surface area contributed by atoms with E-state index >= 15 is 0 Å². The van der Waals surface area contributed by atoms with Crippen LogP contribution in [0.4, 0.5) is 5.82 Å². The molecule has 0 amide bonds. The average Bonchev–Trinajstić information content (AvgIpc) is 2.61. The van der Waals surface area contributed by atoms with Crippen LogP contribution in [0.5, 0.6) is 0 Å². The van der Waals surface area contributed by atoms with Gasteiger partial charge in [0, 0.05) is 12.2 Å². The van der Waals surface area contributed by atoms with Crippen LogP contribution in [-0.2, 0) is 0 Å². The van der Waals surface area contributed by atoms with E-state index in [0.29, 0.717) is 6.04 Å². The maximum atomic E-state index is 5.98. The Hall–Kier alpha value is -0.760. The Morgan fingerprint density at radius 3 is 2.85 bits per heavy atom. The zero-order valence-corrected chi connectivity index (χ0v) is 8.22. The van der Waals surface area contributed by atoms with Crippen molar-refractivity contribution in [2.75, 3.05) is 5.32 Å². The Morgan fingerprint density at radius 1 is 1.38 bits per heavy atom. The maximum Gasteiger partial charge on any atom is 0.144 e. The molecule has 1 heterocycles. The Labute approximate surface area is 83.3 Å². The number of aromatic nitrogens is 1. The van der Waals surface area contributed by atoms with Gasteiger partial charge in [-0.3, -0.25) is 0 Å². The first-order chi connectivity index (χ1) is 6.36. The molecule has 1 aromatic heterocycles. The number of anilines is 1. The molecule has 1 fully saturated rings. The monoisotopic (exact) mass is 196 g/mol. The first-order valence-corrected chi connectivity index (χ1v) is 5.11. The second-order valence-electron chi connectivity index (χ2n) is 3.46. The zero-order valence-electron chi connectivity index (χ0n) is 7.46. The number of nitrogens with one attached hydrogen (secondary N) is 1. The molecule has 0 bridgehead atoms. The third-order valence-corrected chi connectivity index (χ3v) is 2.76. The molecule has 0 atom stereocenters. The molecule has 0 unspecified atom stereocenters. The molecular weight excluding hydrogens is 184 g/mol. The van der Waals surface area contributed by atoms with E-state index < -0.39 is 0 Å². The van der Waals surface area contributed by atoms with Crippen LogP contribution in [0.1, 0.15) is 25.7 Å². The highest BCUT2D eigenvalue weighted by Crippen LogP contribution is 2.24. The zero-order chi connectivity index (χ0) is 9.10. The molecule has 1 N–H and O–H groups in total. The van der Waals surface area contributed by atoms with Gasteiger partial charge in [-0.15, -0.1) is 0 Å². The van der Waals surface area contributed by atoms with Crippen LogP contribution in [0.2, 0.25) is 5.02 Å². The summed E-state index contributed by atoms with van der Waals surface area (Å²) in [6, 6.07) is 4.29. The second-order valence-corrected chi connectivity index (χ2v) is 3.87. The van der Waals surface area contributed by atoms with Crippen molar-refractivity contribution in [3.8, 4) is 0 Å². The van der Waals surface area contributed by atoms with E-state index in [4.69, 9.17) is 11.6 Å². The lowest BCUT2D eigenvalue weighted by molar-refractivity contribution is 0.750. The summed E-state index contributed by atoms with van der Waals surface area (Å²) in [7, 11) is 0. The Kier molecular flexibility index (Phi) is 2.69. The van der Waals surface area contributed by atoms with E-state index in [-0.39, 0.29) is 0 Å². The second kappa shape index (κ2) is 3.97. The van der Waals surface area contributed by atoms with Gasteiger partial charge in [-0.2, -0.15) is 0 Å². The van der Waals surface area contributed by atoms with E-state index in [1.54, 1.807) is 6.20 Å². The minimum Gasteiger partial charge on any atom is -0.366 e. The molecule has 3 heteroatoms. The number of hydrogen-bond donors (Lipinski definition) is 1. The fraction of sp³-hybridized carbons (Fsp3) is 0.500. The average molecular weight is 197 g/mol. The Morgan fingerprint density at radius 2 is 2.15 bits per heavy atom. The number of rotatable bonds is 2. The molecule has 2 rings (SSSR count). The first-order valence-electron chi connectivity index (χ1n) is 4.73. The molecule has 0 radical (unpaired) electrons. The topological polar surface area (TPSA) is 24.9 Å². The molecule has 1 aliphatic carbocycles. The smallest absolute Gasteiger partial charge is 0.144 e. The van der Waals surface area contributed by atoms with Crippen molar-refractivity contribution >= 4 is 17.4 Å². The van der Waals surface area contributed by atoms with Crippen molar-refractivity contribution in [1.82, 2.24) is 4.98 Å². The third kappa shape index (κ3) is 2.13. The van der Waals surface area contributed by atoms with Gasteiger partial charge in [0.15, 0.2) is 0 Å². The van der Waals surface area contributed by atoms with Gasteiger partial charge in [0.25, 0.3) is 0 Å². The van der Waals surface area contributed by atoms with Gasteiger partial charge in [0.2, 0.25) is 0 Å². The standard InChI is InChI=1S/C10H13ClN2/c11-9-6-3-7-12-10(9)13-8-4-1-2-5-8/h3,6-8H,1-2,4-5H2,(H,12,13). The normalized spacial score (nSPS) is 17.6. The van der Waals surface area contributed by atoms with E-state index in [1.165, 1.54) is 25.7 Å². The van der Waals surface area contributed by atoms with Crippen LogP contribution in [0.15, 0.2) is 18.3 Å². The van der Waals surface area contributed by atoms with Crippen molar-refractivity contribution in [3.63, 3.8) is 0 Å². The highest BCUT2D eigenvalue weighted by molar-refractivity contribution is 6.32. The van der Waals surface area contributed by atoms with Gasteiger partial charge in [-0.25, -0.2) is 4.98 Å². The van der Waals surface area contributed by atoms with Gasteiger partial charge in [0.05, 0.1) is 5.02 Å². The molecule has 1 aliphatic rings. The molecular formula is C10H13ClN2. The molecule has 0 aliphatic heterocycles. The van der Waals surface area contributed by atoms with E-state index in [1.807, 2.05) is 12.1 Å². The van der Waals surface area contributed by atoms with Gasteiger partial charge < -0.3 is 5.32 Å². The predicted molar refractivity (Wildman–Crippen MR) is 55.1 cm³/mol. The molecule has 2 nitrogen and oxygen atoms in total. The van der Waals surface area contributed by atoms with Gasteiger partial charge in [0.1, 0.15) is 5.82 Å². The molecule has 0 spiro atoms. The first kappa shape index (κ1) is 8.82. The molecule has 0 saturated heterocycles. The molecule has 13 heavy (non-hydrogen) atoms. The van der Waals surface area contributed by atoms with Crippen LogP contribution in [0, 0.1) is 0 Å². The lowest BCUT2D eigenvalue weighted by atomic mass is 10.2. The van der Waals surface area contributed by atoms with Crippen molar-refractivity contribution in [2.24, 2.45) is 0 Å². The number of pyridine rings is 1. The molecule has 0 aromatic carbocycles. The minimum absolute atomic E-state index is 0.576. The lowest BCUT2D eigenvalue weighted by Gasteiger charge is -2.12. The number of hydrogen-bond acceptors (Lipinski definition) is 2. The summed E-state index contributed by atoms with van der Waals surface area (Å²) in [6.07, 6.45) is 6.90. The summed E-state index contributed by atoms with van der Waals surface area (Å²) in [5.41, 5.74) is 0. The van der Waals surface area contributed by atoms with Gasteiger partial charge >= 0.3 is 0 Å². The lowest BCUT2D eigenvalue weighted by Crippen LogP contribution is -2.15. The summed E-state index contributed by atoms with van der Waals surface area (Å²) < 4.78 is 0. The highest BCUT2D eigenvalue weighted by Gasteiger charge is 2.15. The van der Waals surface area contributed by atoms with Crippen LogP contribution < -0.4 is 5.32 Å². The number of nitrogens with zero attached hydrogens (tertiary/aromatic N) is 1. The van der Waals surface area contributed by atoms with Crippen molar-refractivity contribution in [3.05, 3.63) is 23.4 Å². The van der Waals surface area contributed by atoms with Crippen LogP contribution in [0.25, 0.3) is 0 Å². The third-order valence-electron chi connectivity index (χ3n) is 2.45. The summed E-state index contributed by atoms with van der Waals surface area (Å²) in [6.45, 7) is 0. The fourth-order valence-electron chi connectivity index (χ4n) is 1.76. The maximum absolute atomic E-state index is 5.98. The van der Waals surface area contributed by atoms with Crippen LogP contribution in [-0.4, -0.2) is 11.0 Å². The van der Waals surface area contributed by atoms with E-state index in [9.17, 15) is 0 Å². The summed E-state index contributed by atoms with van der Waals surface area (Å²) in [4.78, 5) is 4.20. The summed E-state index contributed by atoms with van der Waals surface area (Å²) in [5, 5.41) is 4.08. The quantitative estimate of drug-likeness (QED) is 0.787. The predicted octanol–water partition coefficient (Wildman–Crippen LogP) is 3.09. The molecule has 1 aromatic rings. The van der Waals surface area contributed by atoms with Crippen molar-refractivity contribution < 1.29 is 0 Å². The van der Waals surface area contributed by atoms with Crippen molar-refractivity contribution in [1.29, 1.82) is 0 Å². The molecule has 70 valence electrons. The molecule has 1 saturated carbocycles. The Balaban J connectivity index is 2.04. The van der Waals surface area contributed by atoms with Crippen LogP contribution >= 0.6 is 11.6 Å². The fourth-order valence-corrected chi connectivity index (χ4v) is 1.93. The van der Waals surface area contributed by atoms with Gasteiger partial charge in [-0.1, -0.05) is 24.4 Å². The highest BCUT2D eigenvalue weighted by atomic mass is 35.5. The summed E-state index contributed by atoms with van der Waals surface area (Å²) >= 11 is 5.98. The van der Waals surface area contributed by atoms with Gasteiger partial charge in [-0.05, 0) is 25.0 Å². The summed E-state index contributed by atoms with van der Waals surface area (Å²) in [5.74, 6) is 0.830. The van der Waals surface area contributed by atoms with Crippen molar-refractivity contribution in [2.45, 2.75) is 31.7 Å². The van der Waals surface area contributed by atoms with E-state index in [0.717, 1.165) is 10.8 Å². The van der Waals surface area contributed by atoms with Crippen LogP contribution in [0.3, 0.4) is 0 Å². The largest absolute Gasteiger partial charge is 0.366 e. The Bertz CT molecular complexity index is 282. The van der Waals surface area contributed by atoms with E-state index in [2.05, 4.69) is 10.3 Å². The minimum atomic E-state index is 0.576. The number of halogens is 1. The SMILES string of the molecule is Clc1cccnc1NC1CCCC1.